The summed E-state index contributed by atoms with van der Waals surface area (Å²) in [5.41, 5.74) is 2.57. The molecular formula is C24H24N2O4. The molecule has 0 spiro atoms. The van der Waals surface area contributed by atoms with Crippen molar-refractivity contribution in [3.8, 4) is 0 Å². The van der Waals surface area contributed by atoms with E-state index in [1.165, 1.54) is 11.9 Å². The molecule has 0 unspecified atom stereocenters. The third-order valence-corrected chi connectivity index (χ3v) is 4.66. The van der Waals surface area contributed by atoms with E-state index in [0.29, 0.717) is 5.69 Å². The molecule has 0 fully saturated rings. The Morgan fingerprint density at radius 2 is 1.63 bits per heavy atom. The van der Waals surface area contributed by atoms with E-state index in [-0.39, 0.29) is 18.9 Å². The quantitative estimate of drug-likeness (QED) is 0.613. The first-order valence-corrected chi connectivity index (χ1v) is 9.64. The molecule has 6 heteroatoms. The molecule has 30 heavy (non-hydrogen) atoms. The molecule has 0 aliphatic heterocycles. The summed E-state index contributed by atoms with van der Waals surface area (Å²) in [4.78, 5) is 37.6. The average Bonchev–Trinajstić information content (AvgIpc) is 2.73. The fourth-order valence-electron chi connectivity index (χ4n) is 2.96. The number of carbonyl (C=O) groups is 3. The standard InChI is InChI=1S/C24H24N2O4/c1-17-7-11-21(12-8-17)25-22(27)15-26(2)23(28)16-30-24(29)14-18-9-10-19-5-3-4-6-20(19)13-18/h3-13H,14-16H2,1-2H3,(H,25,27). The highest BCUT2D eigenvalue weighted by Crippen LogP contribution is 2.16. The van der Waals surface area contributed by atoms with Gasteiger partial charge in [0, 0.05) is 12.7 Å². The van der Waals surface area contributed by atoms with Crippen LogP contribution >= 0.6 is 0 Å². The number of hydrogen-bond acceptors (Lipinski definition) is 4. The fourth-order valence-corrected chi connectivity index (χ4v) is 2.96. The number of likely N-dealkylation sites (N-methyl/N-ethyl adjacent to an activating group) is 1. The summed E-state index contributed by atoms with van der Waals surface area (Å²) in [6.45, 7) is 1.43. The highest BCUT2D eigenvalue weighted by molar-refractivity contribution is 5.94. The van der Waals surface area contributed by atoms with Gasteiger partial charge >= 0.3 is 5.97 Å². The van der Waals surface area contributed by atoms with Gasteiger partial charge in [0.05, 0.1) is 13.0 Å². The van der Waals surface area contributed by atoms with Crippen molar-refractivity contribution < 1.29 is 19.1 Å². The number of aryl methyl sites for hydroxylation is 1. The van der Waals surface area contributed by atoms with Crippen LogP contribution in [0.4, 0.5) is 5.69 Å². The summed E-state index contributed by atoms with van der Waals surface area (Å²) < 4.78 is 5.09. The molecule has 0 heterocycles. The van der Waals surface area contributed by atoms with Crippen LogP contribution in [0.2, 0.25) is 0 Å². The molecule has 2 amide bonds. The third kappa shape index (κ3) is 5.91. The van der Waals surface area contributed by atoms with E-state index in [0.717, 1.165) is 21.9 Å². The van der Waals surface area contributed by atoms with Crippen molar-refractivity contribution in [1.82, 2.24) is 4.90 Å². The van der Waals surface area contributed by atoms with Crippen LogP contribution in [0.25, 0.3) is 10.8 Å². The minimum Gasteiger partial charge on any atom is -0.455 e. The number of ether oxygens (including phenoxy) is 1. The van der Waals surface area contributed by atoms with Crippen molar-refractivity contribution in [2.45, 2.75) is 13.3 Å². The largest absolute Gasteiger partial charge is 0.455 e. The Labute approximate surface area is 175 Å². The predicted molar refractivity (Wildman–Crippen MR) is 116 cm³/mol. The molecule has 154 valence electrons. The Kier molecular flexibility index (Phi) is 6.80. The molecule has 0 aliphatic carbocycles. The number of nitrogens with one attached hydrogen (secondary N) is 1. The van der Waals surface area contributed by atoms with Crippen LogP contribution in [0.1, 0.15) is 11.1 Å². The lowest BCUT2D eigenvalue weighted by atomic mass is 10.1. The zero-order valence-electron chi connectivity index (χ0n) is 17.1. The zero-order valence-corrected chi connectivity index (χ0v) is 17.1. The molecule has 3 rings (SSSR count). The van der Waals surface area contributed by atoms with Gasteiger partial charge in [-0.25, -0.2) is 0 Å². The van der Waals surface area contributed by atoms with Gasteiger partial charge in [0.2, 0.25) is 5.91 Å². The number of hydrogen-bond donors (Lipinski definition) is 1. The van der Waals surface area contributed by atoms with Crippen molar-refractivity contribution in [1.29, 1.82) is 0 Å². The maximum absolute atomic E-state index is 12.2. The van der Waals surface area contributed by atoms with Crippen molar-refractivity contribution in [2.24, 2.45) is 0 Å². The van der Waals surface area contributed by atoms with Gasteiger partial charge in [0.15, 0.2) is 6.61 Å². The Morgan fingerprint density at radius 1 is 0.933 bits per heavy atom. The van der Waals surface area contributed by atoms with E-state index in [2.05, 4.69) is 5.32 Å². The van der Waals surface area contributed by atoms with E-state index < -0.39 is 18.5 Å². The zero-order chi connectivity index (χ0) is 21.5. The maximum atomic E-state index is 12.2. The van der Waals surface area contributed by atoms with Crippen molar-refractivity contribution in [3.63, 3.8) is 0 Å². The number of amides is 2. The highest BCUT2D eigenvalue weighted by atomic mass is 16.5. The average molecular weight is 404 g/mol. The third-order valence-electron chi connectivity index (χ3n) is 4.66. The second-order valence-corrected chi connectivity index (χ2v) is 7.18. The van der Waals surface area contributed by atoms with Crippen LogP contribution in [0.15, 0.2) is 66.7 Å². The molecule has 0 aliphatic rings. The van der Waals surface area contributed by atoms with E-state index in [1.54, 1.807) is 12.1 Å². The van der Waals surface area contributed by atoms with E-state index in [9.17, 15) is 14.4 Å². The molecule has 6 nitrogen and oxygen atoms in total. The second kappa shape index (κ2) is 9.69. The van der Waals surface area contributed by atoms with Crippen LogP contribution in [0.5, 0.6) is 0 Å². The van der Waals surface area contributed by atoms with E-state index in [1.807, 2.05) is 61.5 Å². The number of carbonyl (C=O) groups excluding carboxylic acids is 3. The summed E-state index contributed by atoms with van der Waals surface area (Å²) in [6.07, 6.45) is 0.0791. The number of benzene rings is 3. The van der Waals surface area contributed by atoms with Crippen LogP contribution in [-0.4, -0.2) is 42.9 Å². The van der Waals surface area contributed by atoms with Crippen molar-refractivity contribution in [2.75, 3.05) is 25.5 Å². The molecule has 0 saturated heterocycles. The number of anilines is 1. The van der Waals surface area contributed by atoms with E-state index in [4.69, 9.17) is 4.74 Å². The molecule has 0 aromatic heterocycles. The first kappa shape index (κ1) is 21.0. The Balaban J connectivity index is 1.44. The molecular weight excluding hydrogens is 380 g/mol. The van der Waals surface area contributed by atoms with E-state index >= 15 is 0 Å². The first-order valence-electron chi connectivity index (χ1n) is 9.64. The van der Waals surface area contributed by atoms with Gasteiger partial charge in [-0.2, -0.15) is 0 Å². The topological polar surface area (TPSA) is 75.7 Å². The lowest BCUT2D eigenvalue weighted by molar-refractivity contribution is -0.151. The van der Waals surface area contributed by atoms with Gasteiger partial charge < -0.3 is 15.0 Å². The number of nitrogens with zero attached hydrogens (tertiary/aromatic N) is 1. The van der Waals surface area contributed by atoms with Gasteiger partial charge in [-0.1, -0.05) is 60.2 Å². The molecule has 3 aromatic carbocycles. The Hall–Kier alpha value is -3.67. The Bertz CT molecular complexity index is 1060. The van der Waals surface area contributed by atoms with Crippen LogP contribution < -0.4 is 5.32 Å². The molecule has 1 N–H and O–H groups in total. The fraction of sp³-hybridized carbons (Fsp3) is 0.208. The van der Waals surface area contributed by atoms with Crippen LogP contribution in [0, 0.1) is 6.92 Å². The van der Waals surface area contributed by atoms with Crippen molar-refractivity contribution in [3.05, 3.63) is 77.9 Å². The SMILES string of the molecule is Cc1ccc(NC(=O)CN(C)C(=O)COC(=O)Cc2ccc3ccccc3c2)cc1. The van der Waals surface area contributed by atoms with Crippen LogP contribution in [-0.2, 0) is 25.5 Å². The van der Waals surface area contributed by atoms with Gasteiger partial charge in [-0.05, 0) is 35.4 Å². The summed E-state index contributed by atoms with van der Waals surface area (Å²) >= 11 is 0. The Morgan fingerprint density at radius 3 is 2.37 bits per heavy atom. The van der Waals surface area contributed by atoms with Gasteiger partial charge in [0.25, 0.3) is 5.91 Å². The summed E-state index contributed by atoms with van der Waals surface area (Å²) in [6, 6.07) is 21.0. The molecule has 0 saturated carbocycles. The maximum Gasteiger partial charge on any atom is 0.310 e. The van der Waals surface area contributed by atoms with Gasteiger partial charge in [-0.3, -0.25) is 14.4 Å². The first-order chi connectivity index (χ1) is 14.4. The highest BCUT2D eigenvalue weighted by Gasteiger charge is 2.15. The summed E-state index contributed by atoms with van der Waals surface area (Å²) in [5, 5.41) is 4.86. The van der Waals surface area contributed by atoms with Gasteiger partial charge in [-0.15, -0.1) is 0 Å². The normalized spacial score (nSPS) is 10.5. The minimum atomic E-state index is -0.490. The number of esters is 1. The van der Waals surface area contributed by atoms with Crippen LogP contribution in [0.3, 0.4) is 0 Å². The summed E-state index contributed by atoms with van der Waals surface area (Å²) in [7, 11) is 1.49. The lowest BCUT2D eigenvalue weighted by Crippen LogP contribution is -2.37. The molecule has 0 radical (unpaired) electrons. The summed E-state index contributed by atoms with van der Waals surface area (Å²) in [5.74, 6) is -1.26. The molecule has 3 aromatic rings. The van der Waals surface area contributed by atoms with Gasteiger partial charge in [0.1, 0.15) is 0 Å². The monoisotopic (exact) mass is 404 g/mol. The minimum absolute atomic E-state index is 0.0791. The lowest BCUT2D eigenvalue weighted by Gasteiger charge is -2.17. The molecule has 0 bridgehead atoms. The van der Waals surface area contributed by atoms with Crippen molar-refractivity contribution >= 4 is 34.2 Å². The predicted octanol–water partition coefficient (Wildman–Crippen LogP) is 3.33. The smallest absolute Gasteiger partial charge is 0.310 e. The second-order valence-electron chi connectivity index (χ2n) is 7.18. The molecule has 0 atom stereocenters. The number of rotatable bonds is 7. The number of fused-ring (bicyclic) bond motifs is 1.